The van der Waals surface area contributed by atoms with E-state index in [1.165, 1.54) is 5.70 Å². The summed E-state index contributed by atoms with van der Waals surface area (Å²) >= 11 is 0. The van der Waals surface area contributed by atoms with Crippen LogP contribution < -0.4 is 5.43 Å². The first-order valence-electron chi connectivity index (χ1n) is 3.58. The van der Waals surface area contributed by atoms with E-state index in [0.717, 1.165) is 12.8 Å². The second-order valence-corrected chi connectivity index (χ2v) is 2.22. The number of hydrogen-bond donors (Lipinski definition) is 1. The highest BCUT2D eigenvalue weighted by atomic mass is 15.3. The number of nitrogens with zero attached hydrogens (tertiary/aromatic N) is 1. The number of hydrogen-bond acceptors (Lipinski definition) is 2. The zero-order chi connectivity index (χ0) is 7.23. The Balaban J connectivity index is 2.50. The highest BCUT2D eigenvalue weighted by Gasteiger charge is 1.91. The molecule has 0 amide bonds. The Labute approximate surface area is 61.3 Å². The van der Waals surface area contributed by atoms with Crippen molar-refractivity contribution >= 4 is 6.21 Å². The molecule has 0 aliphatic carbocycles. The number of allylic oxidation sites excluding steroid dienone is 4. The summed E-state index contributed by atoms with van der Waals surface area (Å²) in [6.07, 6.45) is 9.93. The van der Waals surface area contributed by atoms with Gasteiger partial charge in [0.25, 0.3) is 0 Å². The van der Waals surface area contributed by atoms with E-state index in [1.807, 2.05) is 12.2 Å². The standard InChI is InChI=1S/C8H12N2/c1-2-5-8-6-3-4-7-9-10-8/h3-4,6-7,10H,2,5H2,1H3. The van der Waals surface area contributed by atoms with Gasteiger partial charge in [0.2, 0.25) is 0 Å². The fourth-order valence-electron chi connectivity index (χ4n) is 0.830. The van der Waals surface area contributed by atoms with Crippen LogP contribution in [-0.4, -0.2) is 6.21 Å². The molecular weight excluding hydrogens is 124 g/mol. The quantitative estimate of drug-likeness (QED) is 0.615. The Morgan fingerprint density at radius 3 is 3.20 bits per heavy atom. The monoisotopic (exact) mass is 136 g/mol. The second kappa shape index (κ2) is 3.88. The second-order valence-electron chi connectivity index (χ2n) is 2.22. The molecule has 0 saturated heterocycles. The van der Waals surface area contributed by atoms with Crippen molar-refractivity contribution in [3.8, 4) is 0 Å². The minimum Gasteiger partial charge on any atom is -0.283 e. The van der Waals surface area contributed by atoms with Crippen LogP contribution in [0.15, 0.2) is 29.0 Å². The average Bonchev–Trinajstić information content (AvgIpc) is 2.17. The molecule has 10 heavy (non-hydrogen) atoms. The molecule has 0 aromatic carbocycles. The maximum absolute atomic E-state index is 3.94. The Hall–Kier alpha value is -1.05. The van der Waals surface area contributed by atoms with Crippen LogP contribution in [0.25, 0.3) is 0 Å². The molecule has 1 aliphatic rings. The topological polar surface area (TPSA) is 24.4 Å². The van der Waals surface area contributed by atoms with Crippen LogP contribution in [0, 0.1) is 0 Å². The van der Waals surface area contributed by atoms with Crippen LogP contribution >= 0.6 is 0 Å². The van der Waals surface area contributed by atoms with Gasteiger partial charge in [-0.05, 0) is 18.6 Å². The molecule has 1 N–H and O–H groups in total. The molecule has 0 bridgehead atoms. The maximum atomic E-state index is 3.94. The molecule has 0 fully saturated rings. The third-order valence-electron chi connectivity index (χ3n) is 1.30. The highest BCUT2D eigenvalue weighted by molar-refractivity contribution is 5.71. The first-order valence-corrected chi connectivity index (χ1v) is 3.58. The van der Waals surface area contributed by atoms with Crippen molar-refractivity contribution in [1.29, 1.82) is 0 Å². The summed E-state index contributed by atoms with van der Waals surface area (Å²) in [6, 6.07) is 0. The average molecular weight is 136 g/mol. The van der Waals surface area contributed by atoms with Crippen molar-refractivity contribution in [3.63, 3.8) is 0 Å². The lowest BCUT2D eigenvalue weighted by Crippen LogP contribution is -2.03. The molecule has 0 saturated carbocycles. The first kappa shape index (κ1) is 7.06. The van der Waals surface area contributed by atoms with Crippen molar-refractivity contribution in [2.24, 2.45) is 5.10 Å². The fraction of sp³-hybridized carbons (Fsp3) is 0.375. The van der Waals surface area contributed by atoms with Crippen LogP contribution in [0.5, 0.6) is 0 Å². The molecule has 1 aliphatic heterocycles. The number of rotatable bonds is 2. The van der Waals surface area contributed by atoms with E-state index in [9.17, 15) is 0 Å². The van der Waals surface area contributed by atoms with Crippen LogP contribution in [0.2, 0.25) is 0 Å². The van der Waals surface area contributed by atoms with Gasteiger partial charge >= 0.3 is 0 Å². The highest BCUT2D eigenvalue weighted by Crippen LogP contribution is 2.01. The number of hydrazone groups is 1. The zero-order valence-electron chi connectivity index (χ0n) is 6.17. The van der Waals surface area contributed by atoms with Gasteiger partial charge in [-0.25, -0.2) is 0 Å². The summed E-state index contributed by atoms with van der Waals surface area (Å²) in [4.78, 5) is 0. The van der Waals surface area contributed by atoms with Gasteiger partial charge in [0.05, 0.1) is 0 Å². The van der Waals surface area contributed by atoms with Gasteiger partial charge in [0.15, 0.2) is 0 Å². The molecule has 0 atom stereocenters. The van der Waals surface area contributed by atoms with Gasteiger partial charge in [-0.2, -0.15) is 5.10 Å². The predicted molar refractivity (Wildman–Crippen MR) is 43.8 cm³/mol. The molecular formula is C8H12N2. The van der Waals surface area contributed by atoms with Crippen molar-refractivity contribution < 1.29 is 0 Å². The van der Waals surface area contributed by atoms with Gasteiger partial charge in [0, 0.05) is 11.9 Å². The lowest BCUT2D eigenvalue weighted by atomic mass is 10.2. The molecule has 2 heteroatoms. The summed E-state index contributed by atoms with van der Waals surface area (Å²) in [7, 11) is 0. The van der Waals surface area contributed by atoms with Gasteiger partial charge in [-0.15, -0.1) is 0 Å². The van der Waals surface area contributed by atoms with Crippen LogP contribution in [0.4, 0.5) is 0 Å². The Morgan fingerprint density at radius 1 is 1.50 bits per heavy atom. The van der Waals surface area contributed by atoms with E-state index in [0.29, 0.717) is 0 Å². The maximum Gasteiger partial charge on any atom is 0.0472 e. The molecule has 0 aromatic heterocycles. The summed E-state index contributed by atoms with van der Waals surface area (Å²) in [5.41, 5.74) is 4.14. The number of nitrogens with one attached hydrogen (secondary N) is 1. The molecule has 0 radical (unpaired) electrons. The first-order chi connectivity index (χ1) is 4.93. The van der Waals surface area contributed by atoms with Gasteiger partial charge in [-0.1, -0.05) is 19.4 Å². The third kappa shape index (κ3) is 2.05. The largest absolute Gasteiger partial charge is 0.283 e. The zero-order valence-corrected chi connectivity index (χ0v) is 6.17. The summed E-state index contributed by atoms with van der Waals surface area (Å²) in [5, 5.41) is 3.94. The molecule has 0 unspecified atom stereocenters. The molecule has 1 rings (SSSR count). The fourth-order valence-corrected chi connectivity index (χ4v) is 0.830. The van der Waals surface area contributed by atoms with E-state index < -0.39 is 0 Å². The summed E-state index contributed by atoms with van der Waals surface area (Å²) in [6.45, 7) is 2.15. The van der Waals surface area contributed by atoms with E-state index in [1.54, 1.807) is 6.21 Å². The van der Waals surface area contributed by atoms with Crippen LogP contribution in [-0.2, 0) is 0 Å². The molecule has 0 aromatic rings. The lowest BCUT2D eigenvalue weighted by molar-refractivity contribution is 0.779. The van der Waals surface area contributed by atoms with Crippen molar-refractivity contribution in [2.45, 2.75) is 19.8 Å². The molecule has 2 nitrogen and oxygen atoms in total. The predicted octanol–water partition coefficient (Wildman–Crippen LogP) is 1.82. The van der Waals surface area contributed by atoms with Gasteiger partial charge in [-0.3, -0.25) is 5.43 Å². The molecule has 1 heterocycles. The normalized spacial score (nSPS) is 15.9. The van der Waals surface area contributed by atoms with Gasteiger partial charge < -0.3 is 0 Å². The van der Waals surface area contributed by atoms with Crippen molar-refractivity contribution in [2.75, 3.05) is 0 Å². The van der Waals surface area contributed by atoms with Crippen LogP contribution in [0.3, 0.4) is 0 Å². The molecule has 0 spiro atoms. The lowest BCUT2D eigenvalue weighted by Gasteiger charge is -2.00. The van der Waals surface area contributed by atoms with Crippen molar-refractivity contribution in [1.82, 2.24) is 5.43 Å². The minimum absolute atomic E-state index is 1.07. The smallest absolute Gasteiger partial charge is 0.0472 e. The van der Waals surface area contributed by atoms with E-state index in [-0.39, 0.29) is 0 Å². The minimum atomic E-state index is 1.07. The van der Waals surface area contributed by atoms with E-state index >= 15 is 0 Å². The summed E-state index contributed by atoms with van der Waals surface area (Å²) < 4.78 is 0. The van der Waals surface area contributed by atoms with Crippen molar-refractivity contribution in [3.05, 3.63) is 23.9 Å². The molecule has 54 valence electrons. The Morgan fingerprint density at radius 2 is 2.40 bits per heavy atom. The van der Waals surface area contributed by atoms with E-state index in [4.69, 9.17) is 0 Å². The summed E-state index contributed by atoms with van der Waals surface area (Å²) in [5.74, 6) is 0. The Kier molecular flexibility index (Phi) is 2.74. The van der Waals surface area contributed by atoms with Crippen LogP contribution in [0.1, 0.15) is 19.8 Å². The van der Waals surface area contributed by atoms with E-state index in [2.05, 4.69) is 23.5 Å². The SMILES string of the molecule is CCCC1=CC=CC=NN1. The third-order valence-corrected chi connectivity index (χ3v) is 1.30. The Bertz CT molecular complexity index is 178. The van der Waals surface area contributed by atoms with Gasteiger partial charge in [0.1, 0.15) is 0 Å².